The van der Waals surface area contributed by atoms with Crippen LogP contribution in [0.3, 0.4) is 0 Å². The zero-order valence-corrected chi connectivity index (χ0v) is 12.6. The quantitative estimate of drug-likeness (QED) is 0.877. The van der Waals surface area contributed by atoms with Crippen molar-refractivity contribution >= 4 is 29.0 Å². The first-order chi connectivity index (χ1) is 10.5. The second-order valence-corrected chi connectivity index (χ2v) is 5.11. The number of amides is 1. The lowest BCUT2D eigenvalue weighted by atomic mass is 9.98. The van der Waals surface area contributed by atoms with Gasteiger partial charge in [0.2, 0.25) is 5.91 Å². The fourth-order valence-corrected chi connectivity index (χ4v) is 2.29. The largest absolute Gasteiger partial charge is 0.326 e. The maximum atomic E-state index is 12.7. The van der Waals surface area contributed by atoms with Crippen molar-refractivity contribution in [2.24, 2.45) is 0 Å². The first kappa shape index (κ1) is 15.7. The Bertz CT molecular complexity index is 778. The minimum absolute atomic E-state index is 0.184. The number of hydrogen-bond acceptors (Lipinski definition) is 3. The number of carbonyl (C=O) groups excluding carboxylic acids is 2. The van der Waals surface area contributed by atoms with Crippen LogP contribution in [0.2, 0.25) is 5.02 Å². The van der Waals surface area contributed by atoms with Gasteiger partial charge in [-0.05, 0) is 29.8 Å². The minimum Gasteiger partial charge on any atom is -0.326 e. The van der Waals surface area contributed by atoms with Gasteiger partial charge in [0.25, 0.3) is 0 Å². The molecule has 0 atom stereocenters. The van der Waals surface area contributed by atoms with Gasteiger partial charge in [0.05, 0.1) is 23.2 Å². The van der Waals surface area contributed by atoms with Gasteiger partial charge >= 0.3 is 0 Å². The van der Waals surface area contributed by atoms with Gasteiger partial charge in [0.1, 0.15) is 0 Å². The van der Waals surface area contributed by atoms with Gasteiger partial charge in [0.15, 0.2) is 5.78 Å². The van der Waals surface area contributed by atoms with Crippen LogP contribution in [0.25, 0.3) is 0 Å². The third-order valence-electron chi connectivity index (χ3n) is 3.04. The molecule has 4 nitrogen and oxygen atoms in total. The molecule has 0 radical (unpaired) electrons. The van der Waals surface area contributed by atoms with E-state index in [2.05, 4.69) is 5.32 Å². The van der Waals surface area contributed by atoms with E-state index < -0.39 is 0 Å². The second-order valence-electron chi connectivity index (χ2n) is 4.70. The maximum Gasteiger partial charge on any atom is 0.221 e. The van der Waals surface area contributed by atoms with E-state index in [-0.39, 0.29) is 18.1 Å². The Labute approximate surface area is 133 Å². The molecule has 0 heterocycles. The number of halogens is 1. The standard InChI is InChI=1S/C17H13ClN2O2/c1-11(21)20-16-7-6-12(8-9-19)10-14(16)17(22)13-4-2-3-5-15(13)18/h2-7,10H,8H2,1H3,(H,20,21). The van der Waals surface area contributed by atoms with Crippen LogP contribution in [0.5, 0.6) is 0 Å². The number of nitrogens with one attached hydrogen (secondary N) is 1. The maximum absolute atomic E-state index is 12.7. The fourth-order valence-electron chi connectivity index (χ4n) is 2.07. The monoisotopic (exact) mass is 312 g/mol. The Morgan fingerprint density at radius 1 is 1.18 bits per heavy atom. The summed E-state index contributed by atoms with van der Waals surface area (Å²) >= 11 is 6.07. The molecule has 22 heavy (non-hydrogen) atoms. The number of nitriles is 1. The molecular weight excluding hydrogens is 300 g/mol. The summed E-state index contributed by atoms with van der Waals surface area (Å²) in [6.07, 6.45) is 0.184. The first-order valence-corrected chi connectivity index (χ1v) is 6.97. The van der Waals surface area contributed by atoms with Crippen LogP contribution in [0.15, 0.2) is 42.5 Å². The van der Waals surface area contributed by atoms with Gasteiger partial charge in [0, 0.05) is 18.1 Å². The van der Waals surface area contributed by atoms with Crippen LogP contribution < -0.4 is 5.32 Å². The van der Waals surface area contributed by atoms with Gasteiger partial charge in [-0.25, -0.2) is 0 Å². The number of nitrogens with zero attached hydrogens (tertiary/aromatic N) is 1. The van der Waals surface area contributed by atoms with E-state index in [9.17, 15) is 9.59 Å². The lowest BCUT2D eigenvalue weighted by Crippen LogP contribution is -2.12. The molecule has 0 saturated carbocycles. The van der Waals surface area contributed by atoms with Crippen LogP contribution >= 0.6 is 11.6 Å². The first-order valence-electron chi connectivity index (χ1n) is 6.59. The van der Waals surface area contributed by atoms with Crippen molar-refractivity contribution in [1.29, 1.82) is 5.26 Å². The Morgan fingerprint density at radius 2 is 1.91 bits per heavy atom. The van der Waals surface area contributed by atoms with E-state index in [4.69, 9.17) is 16.9 Å². The topological polar surface area (TPSA) is 70.0 Å². The van der Waals surface area contributed by atoms with E-state index in [0.29, 0.717) is 27.4 Å². The van der Waals surface area contributed by atoms with Crippen molar-refractivity contribution in [3.05, 3.63) is 64.2 Å². The number of hydrogen-bond donors (Lipinski definition) is 1. The number of carbonyl (C=O) groups is 2. The van der Waals surface area contributed by atoms with Gasteiger partial charge < -0.3 is 5.32 Å². The summed E-state index contributed by atoms with van der Waals surface area (Å²) < 4.78 is 0. The highest BCUT2D eigenvalue weighted by Crippen LogP contribution is 2.25. The number of benzene rings is 2. The number of anilines is 1. The molecule has 0 unspecified atom stereocenters. The molecule has 110 valence electrons. The molecule has 0 aliphatic carbocycles. The molecule has 2 rings (SSSR count). The van der Waals surface area contributed by atoms with Crippen molar-refractivity contribution in [3.8, 4) is 6.07 Å². The molecule has 0 aromatic heterocycles. The molecular formula is C17H13ClN2O2. The van der Waals surface area contributed by atoms with Gasteiger partial charge in [-0.2, -0.15) is 5.26 Å². The number of ketones is 1. The van der Waals surface area contributed by atoms with E-state index in [1.165, 1.54) is 6.92 Å². The molecule has 0 aliphatic heterocycles. The summed E-state index contributed by atoms with van der Waals surface area (Å²) in [5.41, 5.74) is 1.77. The van der Waals surface area contributed by atoms with Crippen molar-refractivity contribution in [2.45, 2.75) is 13.3 Å². The molecule has 1 amide bonds. The van der Waals surface area contributed by atoms with Crippen LogP contribution in [0.4, 0.5) is 5.69 Å². The predicted octanol–water partition coefficient (Wildman–Crippen LogP) is 3.60. The highest BCUT2D eigenvalue weighted by molar-refractivity contribution is 6.35. The second kappa shape index (κ2) is 6.88. The normalized spacial score (nSPS) is 9.86. The van der Waals surface area contributed by atoms with Crippen molar-refractivity contribution in [1.82, 2.24) is 0 Å². The average Bonchev–Trinajstić information content (AvgIpc) is 2.48. The van der Waals surface area contributed by atoms with Crippen molar-refractivity contribution in [2.75, 3.05) is 5.32 Å². The SMILES string of the molecule is CC(=O)Nc1ccc(CC#N)cc1C(=O)c1ccccc1Cl. The van der Waals surface area contributed by atoms with Crippen molar-refractivity contribution in [3.63, 3.8) is 0 Å². The summed E-state index contributed by atoms with van der Waals surface area (Å²) in [6.45, 7) is 1.37. The molecule has 5 heteroatoms. The molecule has 0 saturated heterocycles. The fraction of sp³-hybridized carbons (Fsp3) is 0.118. The van der Waals surface area contributed by atoms with Crippen LogP contribution in [-0.2, 0) is 11.2 Å². The Morgan fingerprint density at radius 3 is 2.55 bits per heavy atom. The summed E-state index contributed by atoms with van der Waals surface area (Å²) in [5.74, 6) is -0.574. The summed E-state index contributed by atoms with van der Waals surface area (Å²) in [5, 5.41) is 11.8. The van der Waals surface area contributed by atoms with Crippen molar-refractivity contribution < 1.29 is 9.59 Å². The third kappa shape index (κ3) is 3.51. The highest BCUT2D eigenvalue weighted by atomic mass is 35.5. The van der Waals surface area contributed by atoms with E-state index in [1.54, 1.807) is 42.5 Å². The zero-order chi connectivity index (χ0) is 16.1. The molecule has 0 aliphatic rings. The van der Waals surface area contributed by atoms with Crippen LogP contribution in [0, 0.1) is 11.3 Å². The highest BCUT2D eigenvalue weighted by Gasteiger charge is 2.17. The van der Waals surface area contributed by atoms with Gasteiger partial charge in [-0.3, -0.25) is 9.59 Å². The lowest BCUT2D eigenvalue weighted by Gasteiger charge is -2.11. The van der Waals surface area contributed by atoms with E-state index in [1.807, 2.05) is 6.07 Å². The molecule has 0 fully saturated rings. The third-order valence-corrected chi connectivity index (χ3v) is 3.37. The molecule has 1 N–H and O–H groups in total. The Hall–Kier alpha value is -2.64. The summed E-state index contributed by atoms with van der Waals surface area (Å²) in [4.78, 5) is 24.0. The average molecular weight is 313 g/mol. The molecule has 2 aromatic rings. The Balaban J connectivity index is 2.53. The van der Waals surface area contributed by atoms with Crippen LogP contribution in [0.1, 0.15) is 28.4 Å². The van der Waals surface area contributed by atoms with E-state index >= 15 is 0 Å². The van der Waals surface area contributed by atoms with Gasteiger partial charge in [-0.1, -0.05) is 29.8 Å². The predicted molar refractivity (Wildman–Crippen MR) is 84.9 cm³/mol. The lowest BCUT2D eigenvalue weighted by molar-refractivity contribution is -0.114. The summed E-state index contributed by atoms with van der Waals surface area (Å²) in [7, 11) is 0. The van der Waals surface area contributed by atoms with E-state index in [0.717, 1.165) is 0 Å². The molecule has 0 bridgehead atoms. The smallest absolute Gasteiger partial charge is 0.221 e. The summed E-state index contributed by atoms with van der Waals surface area (Å²) in [6, 6.07) is 13.7. The number of rotatable bonds is 4. The zero-order valence-electron chi connectivity index (χ0n) is 11.9. The Kier molecular flexibility index (Phi) is 4.92. The van der Waals surface area contributed by atoms with Crippen LogP contribution in [-0.4, -0.2) is 11.7 Å². The molecule has 0 spiro atoms. The minimum atomic E-state index is -0.297. The molecule has 2 aromatic carbocycles. The van der Waals surface area contributed by atoms with Gasteiger partial charge in [-0.15, -0.1) is 0 Å².